The van der Waals surface area contributed by atoms with Crippen LogP contribution in [0.15, 0.2) is 24.3 Å². The number of amides is 2. The van der Waals surface area contributed by atoms with E-state index in [0.29, 0.717) is 6.61 Å². The Bertz CT molecular complexity index is 406. The molecule has 1 atom stereocenters. The lowest BCUT2D eigenvalue weighted by Crippen LogP contribution is -2.40. The van der Waals surface area contributed by atoms with Gasteiger partial charge in [-0.15, -0.1) is 0 Å². The molecule has 1 aromatic carbocycles. The molecular formula is C16H26N2O3. The third-order valence-corrected chi connectivity index (χ3v) is 3.07. The van der Waals surface area contributed by atoms with Crippen LogP contribution in [0.25, 0.3) is 0 Å². The third kappa shape index (κ3) is 6.99. The zero-order valence-electron chi connectivity index (χ0n) is 13.1. The maximum atomic E-state index is 11.8. The Labute approximate surface area is 127 Å². The molecular weight excluding hydrogens is 268 g/mol. The smallest absolute Gasteiger partial charge is 0.319 e. The fourth-order valence-electron chi connectivity index (χ4n) is 1.78. The van der Waals surface area contributed by atoms with Crippen molar-refractivity contribution >= 4 is 11.7 Å². The fraction of sp³-hybridized carbons (Fsp3) is 0.562. The van der Waals surface area contributed by atoms with Crippen molar-refractivity contribution < 1.29 is 14.3 Å². The van der Waals surface area contributed by atoms with E-state index in [1.54, 1.807) is 7.11 Å². The molecule has 0 aliphatic carbocycles. The molecule has 0 fully saturated rings. The first kappa shape index (κ1) is 17.3. The van der Waals surface area contributed by atoms with Gasteiger partial charge in [0.05, 0.1) is 19.3 Å². The van der Waals surface area contributed by atoms with E-state index in [2.05, 4.69) is 17.6 Å². The summed E-state index contributed by atoms with van der Waals surface area (Å²) in [4.78, 5) is 11.8. The van der Waals surface area contributed by atoms with Gasteiger partial charge in [-0.05, 0) is 37.1 Å². The lowest BCUT2D eigenvalue weighted by atomic mass is 10.2. The molecule has 0 bridgehead atoms. The van der Waals surface area contributed by atoms with E-state index in [4.69, 9.17) is 9.47 Å². The van der Waals surface area contributed by atoms with Crippen molar-refractivity contribution in [2.24, 2.45) is 0 Å². The molecule has 2 amide bonds. The highest BCUT2D eigenvalue weighted by Crippen LogP contribution is 2.16. The van der Waals surface area contributed by atoms with E-state index in [1.165, 1.54) is 0 Å². The summed E-state index contributed by atoms with van der Waals surface area (Å²) in [7, 11) is 1.62. The van der Waals surface area contributed by atoms with E-state index >= 15 is 0 Å². The SMILES string of the molecule is CCCCOc1ccc(NC(=O)NC(CC)COC)cc1. The number of nitrogens with one attached hydrogen (secondary N) is 2. The first-order valence-corrected chi connectivity index (χ1v) is 7.48. The summed E-state index contributed by atoms with van der Waals surface area (Å²) >= 11 is 0. The number of benzene rings is 1. The van der Waals surface area contributed by atoms with E-state index in [1.807, 2.05) is 31.2 Å². The second kappa shape index (κ2) is 10.0. The highest BCUT2D eigenvalue weighted by molar-refractivity contribution is 5.89. The van der Waals surface area contributed by atoms with Crippen molar-refractivity contribution in [1.82, 2.24) is 5.32 Å². The molecule has 0 aliphatic heterocycles. The number of anilines is 1. The second-order valence-electron chi connectivity index (χ2n) is 4.89. The molecule has 21 heavy (non-hydrogen) atoms. The third-order valence-electron chi connectivity index (χ3n) is 3.07. The second-order valence-corrected chi connectivity index (χ2v) is 4.89. The van der Waals surface area contributed by atoms with Crippen LogP contribution in [-0.4, -0.2) is 32.4 Å². The molecule has 1 unspecified atom stereocenters. The van der Waals surface area contributed by atoms with Crippen molar-refractivity contribution in [1.29, 1.82) is 0 Å². The number of rotatable bonds is 9. The van der Waals surface area contributed by atoms with Gasteiger partial charge < -0.3 is 20.1 Å². The molecule has 0 aromatic heterocycles. The fourth-order valence-corrected chi connectivity index (χ4v) is 1.78. The molecule has 0 aliphatic rings. The number of carbonyl (C=O) groups is 1. The van der Waals surface area contributed by atoms with Crippen molar-refractivity contribution in [3.05, 3.63) is 24.3 Å². The Morgan fingerprint density at radius 3 is 2.52 bits per heavy atom. The quantitative estimate of drug-likeness (QED) is 0.686. The largest absolute Gasteiger partial charge is 0.494 e. The van der Waals surface area contributed by atoms with Gasteiger partial charge in [0.2, 0.25) is 0 Å². The van der Waals surface area contributed by atoms with Crippen molar-refractivity contribution in [3.8, 4) is 5.75 Å². The zero-order chi connectivity index (χ0) is 15.5. The van der Waals surface area contributed by atoms with Crippen LogP contribution in [0.3, 0.4) is 0 Å². The van der Waals surface area contributed by atoms with Crippen LogP contribution in [0.5, 0.6) is 5.75 Å². The molecule has 0 saturated heterocycles. The van der Waals surface area contributed by atoms with Gasteiger partial charge in [0, 0.05) is 12.8 Å². The number of hydrogen-bond donors (Lipinski definition) is 2. The molecule has 5 nitrogen and oxygen atoms in total. The van der Waals surface area contributed by atoms with Gasteiger partial charge in [-0.2, -0.15) is 0 Å². The maximum Gasteiger partial charge on any atom is 0.319 e. The van der Waals surface area contributed by atoms with Gasteiger partial charge in [-0.1, -0.05) is 20.3 Å². The summed E-state index contributed by atoms with van der Waals surface area (Å²) in [5.41, 5.74) is 0.739. The Kier molecular flexibility index (Phi) is 8.28. The first-order valence-electron chi connectivity index (χ1n) is 7.48. The minimum atomic E-state index is -0.224. The molecule has 0 spiro atoms. The topological polar surface area (TPSA) is 59.6 Å². The average molecular weight is 294 g/mol. The van der Waals surface area contributed by atoms with Crippen LogP contribution in [0, 0.1) is 0 Å². The number of methoxy groups -OCH3 is 1. The van der Waals surface area contributed by atoms with E-state index in [9.17, 15) is 4.79 Å². The molecule has 1 aromatic rings. The Hall–Kier alpha value is -1.75. The summed E-state index contributed by atoms with van der Waals surface area (Å²) in [5.74, 6) is 0.820. The van der Waals surface area contributed by atoms with Gasteiger partial charge in [0.1, 0.15) is 5.75 Å². The van der Waals surface area contributed by atoms with Gasteiger partial charge in [0.15, 0.2) is 0 Å². The summed E-state index contributed by atoms with van der Waals surface area (Å²) in [5, 5.41) is 5.66. The van der Waals surface area contributed by atoms with Crippen molar-refractivity contribution in [2.45, 2.75) is 39.2 Å². The number of ether oxygens (including phenoxy) is 2. The summed E-state index contributed by atoms with van der Waals surface area (Å²) in [6.07, 6.45) is 2.98. The predicted octanol–water partition coefficient (Wildman–Crippen LogP) is 3.41. The standard InChI is InChI=1S/C16H26N2O3/c1-4-6-11-21-15-9-7-14(8-10-15)18-16(19)17-13(5-2)12-20-3/h7-10,13H,4-6,11-12H2,1-3H3,(H2,17,18,19). The predicted molar refractivity (Wildman–Crippen MR) is 85.0 cm³/mol. The van der Waals surface area contributed by atoms with E-state index in [-0.39, 0.29) is 12.1 Å². The summed E-state index contributed by atoms with van der Waals surface area (Å²) in [6, 6.07) is 7.18. The molecule has 0 radical (unpaired) electrons. The van der Waals surface area contributed by atoms with E-state index < -0.39 is 0 Å². The Morgan fingerprint density at radius 1 is 1.24 bits per heavy atom. The lowest BCUT2D eigenvalue weighted by Gasteiger charge is -2.16. The number of hydrogen-bond acceptors (Lipinski definition) is 3. The minimum Gasteiger partial charge on any atom is -0.494 e. The number of unbranched alkanes of at least 4 members (excludes halogenated alkanes) is 1. The van der Waals surface area contributed by atoms with E-state index in [0.717, 1.165) is 37.3 Å². The average Bonchev–Trinajstić information content (AvgIpc) is 2.49. The monoisotopic (exact) mass is 294 g/mol. The van der Waals surface area contributed by atoms with Gasteiger partial charge >= 0.3 is 6.03 Å². The van der Waals surface area contributed by atoms with Crippen LogP contribution in [0.1, 0.15) is 33.1 Å². The van der Waals surface area contributed by atoms with Crippen LogP contribution in [-0.2, 0) is 4.74 Å². The number of urea groups is 1. The highest BCUT2D eigenvalue weighted by Gasteiger charge is 2.09. The minimum absolute atomic E-state index is 0.0200. The lowest BCUT2D eigenvalue weighted by molar-refractivity contribution is 0.165. The van der Waals surface area contributed by atoms with Gasteiger partial charge in [-0.3, -0.25) is 0 Å². The molecule has 0 heterocycles. The number of carbonyl (C=O) groups excluding carboxylic acids is 1. The van der Waals surface area contributed by atoms with Crippen LogP contribution in [0.2, 0.25) is 0 Å². The van der Waals surface area contributed by atoms with Gasteiger partial charge in [0.25, 0.3) is 0 Å². The maximum absolute atomic E-state index is 11.8. The van der Waals surface area contributed by atoms with Crippen molar-refractivity contribution in [2.75, 3.05) is 25.6 Å². The molecule has 0 saturated carbocycles. The molecule has 5 heteroatoms. The molecule has 1 rings (SSSR count). The zero-order valence-corrected chi connectivity index (χ0v) is 13.1. The van der Waals surface area contributed by atoms with Crippen LogP contribution < -0.4 is 15.4 Å². The summed E-state index contributed by atoms with van der Waals surface area (Å²) < 4.78 is 10.6. The Morgan fingerprint density at radius 2 is 1.95 bits per heavy atom. The summed E-state index contributed by atoms with van der Waals surface area (Å²) in [6.45, 7) is 5.36. The van der Waals surface area contributed by atoms with Crippen molar-refractivity contribution in [3.63, 3.8) is 0 Å². The van der Waals surface area contributed by atoms with Gasteiger partial charge in [-0.25, -0.2) is 4.79 Å². The first-order chi connectivity index (χ1) is 10.2. The highest BCUT2D eigenvalue weighted by atomic mass is 16.5. The van der Waals surface area contributed by atoms with Crippen LogP contribution >= 0.6 is 0 Å². The molecule has 2 N–H and O–H groups in total. The normalized spacial score (nSPS) is 11.8. The molecule has 118 valence electrons. The Balaban J connectivity index is 2.41. The van der Waals surface area contributed by atoms with Crippen LogP contribution in [0.4, 0.5) is 10.5 Å².